The second-order valence-electron chi connectivity index (χ2n) is 5.56. The summed E-state index contributed by atoms with van der Waals surface area (Å²) in [6, 6.07) is 6.40. The second-order valence-corrected chi connectivity index (χ2v) is 6.48. The molecule has 2 rings (SSSR count). The Balaban J connectivity index is 2.28. The van der Waals surface area contributed by atoms with Crippen LogP contribution < -0.4 is 0 Å². The van der Waals surface area contributed by atoms with Gasteiger partial charge in [-0.05, 0) is 42.0 Å². The average Bonchev–Trinajstić information content (AvgIpc) is 2.56. The lowest BCUT2D eigenvalue weighted by molar-refractivity contribution is 0.378. The van der Waals surface area contributed by atoms with Crippen molar-refractivity contribution in [2.45, 2.75) is 33.6 Å². The maximum absolute atomic E-state index is 3.53. The molecular formula is C14H18BrN. The number of nitrogens with one attached hydrogen (secondary N) is 1. The molecule has 0 spiro atoms. The van der Waals surface area contributed by atoms with Crippen molar-refractivity contribution < 1.29 is 0 Å². The third-order valence-electron chi connectivity index (χ3n) is 2.87. The van der Waals surface area contributed by atoms with Gasteiger partial charge in [0, 0.05) is 21.6 Å². The van der Waals surface area contributed by atoms with E-state index in [4.69, 9.17) is 0 Å². The van der Waals surface area contributed by atoms with Crippen molar-refractivity contribution in [3.05, 3.63) is 34.4 Å². The molecule has 0 atom stereocenters. The van der Waals surface area contributed by atoms with Crippen molar-refractivity contribution in [1.82, 2.24) is 4.98 Å². The molecule has 0 saturated heterocycles. The average molecular weight is 280 g/mol. The van der Waals surface area contributed by atoms with Gasteiger partial charge in [0.05, 0.1) is 0 Å². The van der Waals surface area contributed by atoms with Crippen LogP contribution in [0.2, 0.25) is 0 Å². The van der Waals surface area contributed by atoms with Gasteiger partial charge in [0.1, 0.15) is 0 Å². The number of hydrogen-bond acceptors (Lipinski definition) is 0. The summed E-state index contributed by atoms with van der Waals surface area (Å²) in [6.07, 6.45) is 4.50. The Labute approximate surface area is 105 Å². The molecule has 2 heteroatoms. The number of hydrogen-bond donors (Lipinski definition) is 1. The summed E-state index contributed by atoms with van der Waals surface area (Å²) in [5.74, 6) is 0. The smallest absolute Gasteiger partial charge is 0.0457 e. The van der Waals surface area contributed by atoms with Gasteiger partial charge in [-0.15, -0.1) is 0 Å². The lowest BCUT2D eigenvalue weighted by atomic mass is 9.89. The molecule has 0 aliphatic heterocycles. The Kier molecular flexibility index (Phi) is 3.11. The van der Waals surface area contributed by atoms with Gasteiger partial charge >= 0.3 is 0 Å². The van der Waals surface area contributed by atoms with E-state index in [1.807, 2.05) is 0 Å². The van der Waals surface area contributed by atoms with Crippen LogP contribution in [0.25, 0.3) is 10.9 Å². The van der Waals surface area contributed by atoms with E-state index in [2.05, 4.69) is 66.1 Å². The molecule has 0 aliphatic rings. The van der Waals surface area contributed by atoms with Crippen molar-refractivity contribution in [1.29, 1.82) is 0 Å². The highest BCUT2D eigenvalue weighted by Gasteiger charge is 2.12. The summed E-state index contributed by atoms with van der Waals surface area (Å²) in [5, 5.41) is 1.35. The third kappa shape index (κ3) is 2.67. The third-order valence-corrected chi connectivity index (χ3v) is 3.37. The molecule has 16 heavy (non-hydrogen) atoms. The zero-order valence-electron chi connectivity index (χ0n) is 10.1. The molecule has 1 nitrogen and oxygen atoms in total. The summed E-state index contributed by atoms with van der Waals surface area (Å²) in [5.41, 5.74) is 3.05. The quantitative estimate of drug-likeness (QED) is 0.804. The minimum atomic E-state index is 0.398. The molecule has 0 amide bonds. The maximum Gasteiger partial charge on any atom is 0.0457 e. The van der Waals surface area contributed by atoms with Gasteiger partial charge in [0.15, 0.2) is 0 Å². The van der Waals surface area contributed by atoms with Crippen LogP contribution in [0.1, 0.15) is 32.8 Å². The van der Waals surface area contributed by atoms with E-state index in [0.717, 1.165) is 10.9 Å². The molecule has 1 aromatic carbocycles. The van der Waals surface area contributed by atoms with Crippen LogP contribution in [0, 0.1) is 5.41 Å². The minimum absolute atomic E-state index is 0.398. The summed E-state index contributed by atoms with van der Waals surface area (Å²) < 4.78 is 1.15. The predicted octanol–water partition coefficient (Wildman–Crippen LogP) is 4.91. The first-order chi connectivity index (χ1) is 7.46. The van der Waals surface area contributed by atoms with E-state index in [0.29, 0.717) is 5.41 Å². The van der Waals surface area contributed by atoms with E-state index in [1.54, 1.807) is 0 Å². The Hall–Kier alpha value is -0.760. The second kappa shape index (κ2) is 4.25. The molecule has 1 heterocycles. The molecule has 0 saturated carbocycles. The zero-order valence-corrected chi connectivity index (χ0v) is 11.7. The van der Waals surface area contributed by atoms with Crippen LogP contribution >= 0.6 is 15.9 Å². The van der Waals surface area contributed by atoms with E-state index in [-0.39, 0.29) is 0 Å². The summed E-state index contributed by atoms with van der Waals surface area (Å²) in [7, 11) is 0. The summed E-state index contributed by atoms with van der Waals surface area (Å²) >= 11 is 3.53. The summed E-state index contributed by atoms with van der Waals surface area (Å²) in [6.45, 7) is 6.87. The number of rotatable bonds is 2. The van der Waals surface area contributed by atoms with Gasteiger partial charge in [-0.3, -0.25) is 0 Å². The Morgan fingerprint density at radius 3 is 2.69 bits per heavy atom. The fourth-order valence-electron chi connectivity index (χ4n) is 1.87. The molecule has 0 unspecified atom stereocenters. The van der Waals surface area contributed by atoms with E-state index in [9.17, 15) is 0 Å². The highest BCUT2D eigenvalue weighted by molar-refractivity contribution is 9.10. The van der Waals surface area contributed by atoms with Gasteiger partial charge < -0.3 is 4.98 Å². The lowest BCUT2D eigenvalue weighted by Crippen LogP contribution is -2.05. The van der Waals surface area contributed by atoms with E-state index < -0.39 is 0 Å². The molecule has 0 bridgehead atoms. The van der Waals surface area contributed by atoms with Gasteiger partial charge in [-0.1, -0.05) is 36.7 Å². The number of benzene rings is 1. The standard InChI is InChI=1S/C14H18BrN/c1-14(2,3)7-6-10-9-16-13-5-4-11(15)8-12(10)13/h4-5,8-9,16H,6-7H2,1-3H3. The zero-order chi connectivity index (χ0) is 11.8. The highest BCUT2D eigenvalue weighted by atomic mass is 79.9. The Morgan fingerprint density at radius 1 is 1.25 bits per heavy atom. The van der Waals surface area contributed by atoms with Crippen molar-refractivity contribution in [3.8, 4) is 0 Å². The van der Waals surface area contributed by atoms with Gasteiger partial charge in [0.25, 0.3) is 0 Å². The van der Waals surface area contributed by atoms with Crippen molar-refractivity contribution >= 4 is 26.8 Å². The number of fused-ring (bicyclic) bond motifs is 1. The maximum atomic E-state index is 3.53. The number of aromatic nitrogens is 1. The highest BCUT2D eigenvalue weighted by Crippen LogP contribution is 2.27. The Bertz CT molecular complexity index is 491. The topological polar surface area (TPSA) is 15.8 Å². The predicted molar refractivity (Wildman–Crippen MR) is 73.8 cm³/mol. The van der Waals surface area contributed by atoms with Crippen LogP contribution in [0.15, 0.2) is 28.9 Å². The largest absolute Gasteiger partial charge is 0.361 e. The van der Waals surface area contributed by atoms with Crippen LogP contribution in [0.3, 0.4) is 0 Å². The number of halogens is 1. The summed E-state index contributed by atoms with van der Waals surface area (Å²) in [4.78, 5) is 3.33. The Morgan fingerprint density at radius 2 is 2.00 bits per heavy atom. The van der Waals surface area contributed by atoms with E-state index >= 15 is 0 Å². The first-order valence-corrected chi connectivity index (χ1v) is 6.50. The van der Waals surface area contributed by atoms with Crippen LogP contribution in [0.4, 0.5) is 0 Å². The molecule has 1 aromatic heterocycles. The molecule has 0 fully saturated rings. The molecule has 0 radical (unpaired) electrons. The first kappa shape index (κ1) is 11.7. The number of H-pyrrole nitrogens is 1. The molecule has 1 N–H and O–H groups in total. The minimum Gasteiger partial charge on any atom is -0.361 e. The molecule has 2 aromatic rings. The number of aromatic amines is 1. The van der Waals surface area contributed by atoms with Crippen LogP contribution in [-0.4, -0.2) is 4.98 Å². The molecular weight excluding hydrogens is 262 g/mol. The van der Waals surface area contributed by atoms with Gasteiger partial charge in [-0.2, -0.15) is 0 Å². The SMILES string of the molecule is CC(C)(C)CCc1c[nH]c2ccc(Br)cc12. The molecule has 86 valence electrons. The first-order valence-electron chi connectivity index (χ1n) is 5.71. The van der Waals surface area contributed by atoms with Gasteiger partial charge in [-0.25, -0.2) is 0 Å². The van der Waals surface area contributed by atoms with Crippen molar-refractivity contribution in [2.24, 2.45) is 5.41 Å². The fraction of sp³-hybridized carbons (Fsp3) is 0.429. The normalized spacial score (nSPS) is 12.2. The monoisotopic (exact) mass is 279 g/mol. The van der Waals surface area contributed by atoms with Crippen molar-refractivity contribution in [2.75, 3.05) is 0 Å². The molecule has 0 aliphatic carbocycles. The van der Waals surface area contributed by atoms with Crippen LogP contribution in [-0.2, 0) is 6.42 Å². The fourth-order valence-corrected chi connectivity index (χ4v) is 2.23. The van der Waals surface area contributed by atoms with Crippen LogP contribution in [0.5, 0.6) is 0 Å². The van der Waals surface area contributed by atoms with E-state index in [1.165, 1.54) is 22.9 Å². The van der Waals surface area contributed by atoms with Gasteiger partial charge in [0.2, 0.25) is 0 Å². The van der Waals surface area contributed by atoms with Crippen molar-refractivity contribution in [3.63, 3.8) is 0 Å². The lowest BCUT2D eigenvalue weighted by Gasteiger charge is -2.17. The number of aryl methyl sites for hydroxylation is 1.